The quantitative estimate of drug-likeness (QED) is 0.793. The Balaban J connectivity index is 2.88. The molecule has 1 heterocycles. The van der Waals surface area contributed by atoms with Crippen molar-refractivity contribution in [3.63, 3.8) is 0 Å². The van der Waals surface area contributed by atoms with Gasteiger partial charge >= 0.3 is 0 Å². The highest BCUT2D eigenvalue weighted by atomic mass is 16.2. The van der Waals surface area contributed by atoms with Gasteiger partial charge in [-0.3, -0.25) is 9.78 Å². The number of carbonyl (C=O) groups is 1. The Morgan fingerprint density at radius 1 is 1.56 bits per heavy atom. The Morgan fingerprint density at radius 3 is 2.81 bits per heavy atom. The summed E-state index contributed by atoms with van der Waals surface area (Å²) in [6.45, 7) is 9.34. The van der Waals surface area contributed by atoms with Crippen LogP contribution in [0.4, 0.5) is 5.69 Å². The van der Waals surface area contributed by atoms with Gasteiger partial charge in [0.1, 0.15) is 0 Å². The number of allylic oxidation sites excluding steroid dienone is 1. The van der Waals surface area contributed by atoms with Crippen LogP contribution in [0.2, 0.25) is 0 Å². The fourth-order valence-electron chi connectivity index (χ4n) is 1.18. The smallest absolute Gasteiger partial charge is 0.229 e. The number of anilines is 1. The van der Waals surface area contributed by atoms with Gasteiger partial charge < -0.3 is 5.32 Å². The van der Waals surface area contributed by atoms with Crippen molar-refractivity contribution in [2.75, 3.05) is 5.32 Å². The lowest BCUT2D eigenvalue weighted by Crippen LogP contribution is -2.28. The van der Waals surface area contributed by atoms with Crippen LogP contribution < -0.4 is 5.32 Å². The van der Waals surface area contributed by atoms with E-state index in [4.69, 9.17) is 0 Å². The molecule has 0 aliphatic heterocycles. The molecule has 1 amide bonds. The molecule has 16 heavy (non-hydrogen) atoms. The molecule has 0 saturated heterocycles. The maximum Gasteiger partial charge on any atom is 0.229 e. The molecule has 3 nitrogen and oxygen atoms in total. The number of hydrogen-bond acceptors (Lipinski definition) is 2. The average molecular weight is 218 g/mol. The Kier molecular flexibility index (Phi) is 3.82. The van der Waals surface area contributed by atoms with Crippen molar-refractivity contribution in [1.29, 1.82) is 0 Å². The third-order valence-corrected chi connectivity index (χ3v) is 2.20. The third kappa shape index (κ3) is 3.19. The monoisotopic (exact) mass is 218 g/mol. The van der Waals surface area contributed by atoms with E-state index in [0.29, 0.717) is 6.42 Å². The molecule has 0 saturated carbocycles. The lowest BCUT2D eigenvalue weighted by Gasteiger charge is -2.18. The second-order valence-corrected chi connectivity index (χ2v) is 4.73. The summed E-state index contributed by atoms with van der Waals surface area (Å²) in [6.07, 6.45) is 5.92. The number of nitrogens with one attached hydrogen (secondary N) is 1. The van der Waals surface area contributed by atoms with Crippen LogP contribution in [0.5, 0.6) is 0 Å². The minimum absolute atomic E-state index is 0.00372. The van der Waals surface area contributed by atoms with Crippen molar-refractivity contribution in [3.8, 4) is 0 Å². The topological polar surface area (TPSA) is 42.0 Å². The van der Waals surface area contributed by atoms with Gasteiger partial charge in [0.2, 0.25) is 5.91 Å². The zero-order valence-corrected chi connectivity index (χ0v) is 10.1. The summed E-state index contributed by atoms with van der Waals surface area (Å²) < 4.78 is 0. The van der Waals surface area contributed by atoms with Crippen molar-refractivity contribution in [3.05, 3.63) is 36.7 Å². The second kappa shape index (κ2) is 4.92. The van der Waals surface area contributed by atoms with Gasteiger partial charge in [-0.05, 0) is 18.1 Å². The van der Waals surface area contributed by atoms with Crippen LogP contribution in [0.25, 0.3) is 0 Å². The molecular weight excluding hydrogens is 200 g/mol. The normalized spacial score (nSPS) is 10.9. The fraction of sp³-hybridized carbons (Fsp3) is 0.385. The lowest BCUT2D eigenvalue weighted by atomic mass is 9.95. The lowest BCUT2D eigenvalue weighted by molar-refractivity contribution is -0.123. The number of hydrogen-bond donors (Lipinski definition) is 1. The van der Waals surface area contributed by atoms with Gasteiger partial charge in [0.25, 0.3) is 0 Å². The molecule has 0 spiro atoms. The molecule has 0 aliphatic rings. The number of nitrogens with zero attached hydrogens (tertiary/aromatic N) is 1. The van der Waals surface area contributed by atoms with Crippen LogP contribution in [0, 0.1) is 5.41 Å². The van der Waals surface area contributed by atoms with Crippen molar-refractivity contribution >= 4 is 11.6 Å². The van der Waals surface area contributed by atoms with Crippen molar-refractivity contribution in [2.24, 2.45) is 5.41 Å². The van der Waals surface area contributed by atoms with E-state index >= 15 is 0 Å². The number of pyridine rings is 1. The third-order valence-electron chi connectivity index (χ3n) is 2.20. The molecule has 0 unspecified atom stereocenters. The van der Waals surface area contributed by atoms with Crippen LogP contribution in [-0.4, -0.2) is 10.9 Å². The fourth-order valence-corrected chi connectivity index (χ4v) is 1.18. The van der Waals surface area contributed by atoms with Gasteiger partial charge in [0.05, 0.1) is 0 Å². The minimum atomic E-state index is -0.394. The molecule has 1 rings (SSSR count). The number of carbonyl (C=O) groups excluding carboxylic acids is 1. The maximum atomic E-state index is 11.8. The summed E-state index contributed by atoms with van der Waals surface area (Å²) in [5.41, 5.74) is 1.40. The Hall–Kier alpha value is -1.64. The van der Waals surface area contributed by atoms with Crippen LogP contribution >= 0.6 is 0 Å². The van der Waals surface area contributed by atoms with E-state index in [1.54, 1.807) is 18.5 Å². The predicted molar refractivity (Wildman–Crippen MR) is 66.2 cm³/mol. The number of rotatable bonds is 3. The van der Waals surface area contributed by atoms with Crippen LogP contribution in [0.1, 0.15) is 26.3 Å². The highest BCUT2D eigenvalue weighted by Gasteiger charge is 2.21. The van der Waals surface area contributed by atoms with Crippen LogP contribution in [-0.2, 0) is 11.2 Å². The second-order valence-electron chi connectivity index (χ2n) is 4.73. The molecule has 0 atom stereocenters. The molecule has 0 radical (unpaired) electrons. The van der Waals surface area contributed by atoms with Crippen molar-refractivity contribution in [1.82, 2.24) is 4.98 Å². The molecule has 0 bridgehead atoms. The van der Waals surface area contributed by atoms with Gasteiger partial charge in [0, 0.05) is 23.5 Å². The van der Waals surface area contributed by atoms with E-state index in [0.717, 1.165) is 11.3 Å². The highest BCUT2D eigenvalue weighted by Crippen LogP contribution is 2.20. The van der Waals surface area contributed by atoms with Gasteiger partial charge in [-0.2, -0.15) is 0 Å². The van der Waals surface area contributed by atoms with E-state index in [1.807, 2.05) is 26.8 Å². The van der Waals surface area contributed by atoms with Gasteiger partial charge in [-0.1, -0.05) is 26.8 Å². The van der Waals surface area contributed by atoms with Crippen LogP contribution in [0.3, 0.4) is 0 Å². The molecule has 0 aliphatic carbocycles. The summed E-state index contributed by atoms with van der Waals surface area (Å²) >= 11 is 0. The predicted octanol–water partition coefficient (Wildman–Crippen LogP) is 2.79. The zero-order valence-electron chi connectivity index (χ0n) is 10.1. The Labute approximate surface area is 96.6 Å². The molecule has 0 fully saturated rings. The number of amides is 1. The van der Waals surface area contributed by atoms with E-state index < -0.39 is 5.41 Å². The van der Waals surface area contributed by atoms with E-state index in [9.17, 15) is 4.79 Å². The highest BCUT2D eigenvalue weighted by molar-refractivity contribution is 5.95. The number of aromatic nitrogens is 1. The molecule has 86 valence electrons. The molecule has 0 aromatic carbocycles. The summed E-state index contributed by atoms with van der Waals surface area (Å²) in [5.74, 6) is 0.00372. The zero-order chi connectivity index (χ0) is 12.2. The Morgan fingerprint density at radius 2 is 2.25 bits per heavy atom. The Bertz CT molecular complexity index is 391. The molecule has 3 heteroatoms. The van der Waals surface area contributed by atoms with Crippen LogP contribution in [0.15, 0.2) is 31.1 Å². The summed E-state index contributed by atoms with van der Waals surface area (Å²) in [7, 11) is 0. The first-order chi connectivity index (χ1) is 7.45. The van der Waals surface area contributed by atoms with Gasteiger partial charge in [0.15, 0.2) is 0 Å². The largest absolute Gasteiger partial charge is 0.325 e. The first kappa shape index (κ1) is 12.4. The van der Waals surface area contributed by atoms with E-state index in [2.05, 4.69) is 16.9 Å². The molecule has 1 aromatic heterocycles. The molecule has 1 aromatic rings. The molecule has 1 N–H and O–H groups in total. The summed E-state index contributed by atoms with van der Waals surface area (Å²) in [5, 5.41) is 2.91. The summed E-state index contributed by atoms with van der Waals surface area (Å²) in [4.78, 5) is 15.9. The van der Waals surface area contributed by atoms with Gasteiger partial charge in [-0.15, -0.1) is 6.58 Å². The first-order valence-electron chi connectivity index (χ1n) is 5.30. The first-order valence-corrected chi connectivity index (χ1v) is 5.30. The SMILES string of the molecule is C=CCc1cnccc1NC(=O)C(C)(C)C. The van der Waals surface area contributed by atoms with E-state index in [1.165, 1.54) is 0 Å². The average Bonchev–Trinajstić information content (AvgIpc) is 2.20. The standard InChI is InChI=1S/C13H18N2O/c1-5-6-10-9-14-8-7-11(10)15-12(16)13(2,3)4/h5,7-9H,1,6H2,2-4H3,(H,14,15,16). The van der Waals surface area contributed by atoms with Crippen molar-refractivity contribution in [2.45, 2.75) is 27.2 Å². The van der Waals surface area contributed by atoms with E-state index in [-0.39, 0.29) is 5.91 Å². The maximum absolute atomic E-state index is 11.8. The van der Waals surface area contributed by atoms with Crippen molar-refractivity contribution < 1.29 is 4.79 Å². The van der Waals surface area contributed by atoms with Gasteiger partial charge in [-0.25, -0.2) is 0 Å². The summed E-state index contributed by atoms with van der Waals surface area (Å²) in [6, 6.07) is 1.81. The minimum Gasteiger partial charge on any atom is -0.325 e. The molecular formula is C13H18N2O.